The van der Waals surface area contributed by atoms with Gasteiger partial charge in [0.1, 0.15) is 0 Å². The Kier molecular flexibility index (Phi) is 7.27. The normalized spacial score (nSPS) is 33.9. The fourth-order valence-electron chi connectivity index (χ4n) is 5.90. The fourth-order valence-corrected chi connectivity index (χ4v) is 8.64. The summed E-state index contributed by atoms with van der Waals surface area (Å²) in [5, 5.41) is 6.10. The Hall–Kier alpha value is -1.12. The molecule has 0 spiro atoms. The van der Waals surface area contributed by atoms with Crippen LogP contribution in [0.5, 0.6) is 0 Å². The minimum absolute atomic E-state index is 0.117. The van der Waals surface area contributed by atoms with Gasteiger partial charge in [0.25, 0.3) is 0 Å². The Balaban J connectivity index is 2.01. The number of benzene rings is 1. The summed E-state index contributed by atoms with van der Waals surface area (Å²) in [6.07, 6.45) is 18.6. The van der Waals surface area contributed by atoms with Crippen molar-refractivity contribution in [3.63, 3.8) is 0 Å². The van der Waals surface area contributed by atoms with Crippen LogP contribution in [0.25, 0.3) is 0 Å². The molecule has 0 amide bonds. The van der Waals surface area contributed by atoms with Gasteiger partial charge >= 0.3 is 0 Å². The van der Waals surface area contributed by atoms with Crippen LogP contribution in [0.1, 0.15) is 79.6 Å². The molecule has 0 saturated heterocycles. The predicted molar refractivity (Wildman–Crippen MR) is 132 cm³/mol. The zero-order chi connectivity index (χ0) is 21.0. The maximum absolute atomic E-state index is 4.13. The molecule has 0 aliphatic heterocycles. The minimum atomic E-state index is -0.457. The van der Waals surface area contributed by atoms with Crippen molar-refractivity contribution in [2.75, 3.05) is 0 Å². The van der Waals surface area contributed by atoms with E-state index in [0.717, 1.165) is 5.92 Å². The maximum Gasteiger partial charge on any atom is 0.0615 e. The Morgan fingerprint density at radius 1 is 0.862 bits per heavy atom. The van der Waals surface area contributed by atoms with Gasteiger partial charge in [0.05, 0.1) is 9.52 Å². The zero-order valence-corrected chi connectivity index (χ0v) is 20.9. The van der Waals surface area contributed by atoms with Crippen LogP contribution >= 0.6 is 0 Å². The lowest BCUT2D eigenvalue weighted by atomic mass is 9.59. The summed E-state index contributed by atoms with van der Waals surface area (Å²) < 4.78 is 0. The number of hydrogen-bond donors (Lipinski definition) is 1. The SMILES string of the molecule is CC1CCCCCCCC(C)(NC2C=CC=C2)C(C)(C)C1(C)[SiH2]c1ccccc1. The van der Waals surface area contributed by atoms with Crippen molar-refractivity contribution in [1.82, 2.24) is 5.32 Å². The fraction of sp³-hybridized carbons (Fsp3) is 0.630. The first kappa shape index (κ1) is 22.6. The predicted octanol–water partition coefficient (Wildman–Crippen LogP) is 5.91. The molecule has 29 heavy (non-hydrogen) atoms. The first-order valence-electron chi connectivity index (χ1n) is 12.0. The maximum atomic E-state index is 4.13. The highest BCUT2D eigenvalue weighted by Crippen LogP contribution is 2.58. The Labute approximate surface area is 182 Å². The van der Waals surface area contributed by atoms with E-state index in [4.69, 9.17) is 0 Å². The second-order valence-electron chi connectivity index (χ2n) is 10.7. The molecule has 2 heteroatoms. The van der Waals surface area contributed by atoms with Crippen LogP contribution in [0.15, 0.2) is 54.6 Å². The van der Waals surface area contributed by atoms with Crippen molar-refractivity contribution >= 4 is 14.7 Å². The molecule has 3 rings (SSSR count). The van der Waals surface area contributed by atoms with Gasteiger partial charge < -0.3 is 5.32 Å². The molecular weight excluding hydrogens is 366 g/mol. The topological polar surface area (TPSA) is 12.0 Å². The van der Waals surface area contributed by atoms with E-state index in [2.05, 4.69) is 94.6 Å². The third kappa shape index (κ3) is 4.80. The molecule has 0 radical (unpaired) electrons. The summed E-state index contributed by atoms with van der Waals surface area (Å²) in [5.41, 5.74) is 0.321. The summed E-state index contributed by atoms with van der Waals surface area (Å²) in [7, 11) is -0.457. The molecule has 1 nitrogen and oxygen atoms in total. The van der Waals surface area contributed by atoms with E-state index >= 15 is 0 Å². The molecular formula is C27H43NSi. The third-order valence-corrected chi connectivity index (χ3v) is 12.1. The van der Waals surface area contributed by atoms with Gasteiger partial charge in [0, 0.05) is 11.6 Å². The lowest BCUT2D eigenvalue weighted by Crippen LogP contribution is -2.62. The molecule has 3 unspecified atom stereocenters. The van der Waals surface area contributed by atoms with Crippen molar-refractivity contribution in [2.24, 2.45) is 11.3 Å². The highest BCUT2D eigenvalue weighted by atomic mass is 28.2. The van der Waals surface area contributed by atoms with Crippen molar-refractivity contribution in [2.45, 2.75) is 96.2 Å². The summed E-state index contributed by atoms with van der Waals surface area (Å²) in [4.78, 5) is 0. The highest BCUT2D eigenvalue weighted by Gasteiger charge is 2.54. The van der Waals surface area contributed by atoms with Crippen LogP contribution in [-0.2, 0) is 0 Å². The monoisotopic (exact) mass is 409 g/mol. The minimum Gasteiger partial charge on any atom is -0.301 e. The average Bonchev–Trinajstić information content (AvgIpc) is 3.19. The van der Waals surface area contributed by atoms with Gasteiger partial charge in [-0.15, -0.1) is 0 Å². The quantitative estimate of drug-likeness (QED) is 0.610. The summed E-state index contributed by atoms with van der Waals surface area (Å²) in [6, 6.07) is 11.8. The van der Waals surface area contributed by atoms with E-state index in [1.807, 2.05) is 0 Å². The molecule has 1 fully saturated rings. The molecule has 2 aliphatic carbocycles. The van der Waals surface area contributed by atoms with Gasteiger partial charge in [-0.05, 0) is 29.7 Å². The van der Waals surface area contributed by atoms with E-state index in [9.17, 15) is 0 Å². The van der Waals surface area contributed by atoms with Crippen molar-refractivity contribution < 1.29 is 0 Å². The van der Waals surface area contributed by atoms with Crippen LogP contribution in [0.3, 0.4) is 0 Å². The molecule has 1 aromatic rings. The van der Waals surface area contributed by atoms with Gasteiger partial charge in [0.2, 0.25) is 0 Å². The van der Waals surface area contributed by atoms with E-state index in [1.54, 1.807) is 5.19 Å². The standard InChI is InChI=1S/C27H43NSi/c1-22-16-10-7-6-8-15-21-26(4,28-23-17-13-14-18-23)25(2,3)27(22,5)29-24-19-11-9-12-20-24/h9,11-14,17-20,22-23,28H,6-8,10,15-16,21,29H2,1-5H3. The van der Waals surface area contributed by atoms with Gasteiger partial charge in [-0.1, -0.05) is 126 Å². The lowest BCUT2D eigenvalue weighted by Gasteiger charge is -2.59. The highest BCUT2D eigenvalue weighted by molar-refractivity contribution is 6.57. The van der Waals surface area contributed by atoms with Crippen LogP contribution in [0.2, 0.25) is 5.04 Å². The Morgan fingerprint density at radius 3 is 2.17 bits per heavy atom. The average molecular weight is 410 g/mol. The molecule has 0 aromatic heterocycles. The second kappa shape index (κ2) is 9.35. The van der Waals surface area contributed by atoms with Crippen molar-refractivity contribution in [3.8, 4) is 0 Å². The molecule has 0 bridgehead atoms. The van der Waals surface area contributed by atoms with Crippen molar-refractivity contribution in [3.05, 3.63) is 54.6 Å². The van der Waals surface area contributed by atoms with Gasteiger partial charge in [-0.3, -0.25) is 0 Å². The third-order valence-electron chi connectivity index (χ3n) is 8.86. The number of rotatable bonds is 4. The molecule has 1 N–H and O–H groups in total. The van der Waals surface area contributed by atoms with Gasteiger partial charge in [0.15, 0.2) is 0 Å². The first-order chi connectivity index (χ1) is 13.8. The van der Waals surface area contributed by atoms with Crippen molar-refractivity contribution in [1.29, 1.82) is 0 Å². The Bertz CT molecular complexity index is 695. The van der Waals surface area contributed by atoms with Crippen LogP contribution in [0, 0.1) is 11.3 Å². The molecule has 3 atom stereocenters. The summed E-state index contributed by atoms with van der Waals surface area (Å²) in [6.45, 7) is 12.9. The largest absolute Gasteiger partial charge is 0.301 e. The molecule has 2 aliphatic rings. The van der Waals surface area contributed by atoms with E-state index in [0.29, 0.717) is 11.1 Å². The second-order valence-corrected chi connectivity index (χ2v) is 13.3. The zero-order valence-electron chi connectivity index (χ0n) is 19.5. The molecule has 1 saturated carbocycles. The lowest BCUT2D eigenvalue weighted by molar-refractivity contribution is 0.0438. The number of hydrogen-bond acceptors (Lipinski definition) is 1. The van der Waals surface area contributed by atoms with Crippen LogP contribution in [0.4, 0.5) is 0 Å². The van der Waals surface area contributed by atoms with Crippen LogP contribution < -0.4 is 10.5 Å². The first-order valence-corrected chi connectivity index (χ1v) is 13.4. The van der Waals surface area contributed by atoms with Gasteiger partial charge in [-0.2, -0.15) is 0 Å². The Morgan fingerprint density at radius 2 is 1.48 bits per heavy atom. The number of allylic oxidation sites excluding steroid dienone is 2. The van der Waals surface area contributed by atoms with E-state index in [1.165, 1.54) is 44.9 Å². The number of nitrogens with one attached hydrogen (secondary N) is 1. The van der Waals surface area contributed by atoms with Crippen LogP contribution in [-0.4, -0.2) is 21.1 Å². The smallest absolute Gasteiger partial charge is 0.0615 e. The summed E-state index contributed by atoms with van der Waals surface area (Å²) in [5.74, 6) is 0.748. The van der Waals surface area contributed by atoms with Gasteiger partial charge in [-0.25, -0.2) is 0 Å². The molecule has 1 aromatic carbocycles. The van der Waals surface area contributed by atoms with E-state index < -0.39 is 9.52 Å². The summed E-state index contributed by atoms with van der Waals surface area (Å²) >= 11 is 0. The molecule has 160 valence electrons. The molecule has 0 heterocycles. The van der Waals surface area contributed by atoms with E-state index in [-0.39, 0.29) is 11.0 Å².